The molecule has 0 bridgehead atoms. The molecule has 1 aromatic rings. The number of rotatable bonds is 24. The largest absolute Gasteiger partial charge is 0.480 e. The van der Waals surface area contributed by atoms with E-state index in [0.29, 0.717) is 59.5 Å². The van der Waals surface area contributed by atoms with Crippen molar-refractivity contribution in [2.45, 2.75) is 4.90 Å². The first-order valence-corrected chi connectivity index (χ1v) is 12.7. The van der Waals surface area contributed by atoms with Crippen LogP contribution >= 0.6 is 0 Å². The summed E-state index contributed by atoms with van der Waals surface area (Å²) in [7, 11) is -3.77. The molecule has 36 heavy (non-hydrogen) atoms. The molecule has 14 heteroatoms. The number of carboxylic acid groups (broad SMARTS) is 1. The summed E-state index contributed by atoms with van der Waals surface area (Å²) in [6.07, 6.45) is 0. The maximum Gasteiger partial charge on any atom is 0.329 e. The lowest BCUT2D eigenvalue weighted by Gasteiger charge is -2.09. The van der Waals surface area contributed by atoms with Crippen molar-refractivity contribution in [3.63, 3.8) is 0 Å². The molecule has 1 aromatic carbocycles. The monoisotopic (exact) mass is 537 g/mol. The average molecular weight is 538 g/mol. The summed E-state index contributed by atoms with van der Waals surface area (Å²) in [5, 5.41) is 10.9. The summed E-state index contributed by atoms with van der Waals surface area (Å²) in [6, 6.07) is 7.90. The van der Waals surface area contributed by atoms with Gasteiger partial charge in [0.1, 0.15) is 13.2 Å². The molecule has 0 aliphatic carbocycles. The minimum absolute atomic E-state index is 0.0758. The predicted molar refractivity (Wildman–Crippen MR) is 125 cm³/mol. The number of hydrogen-bond donors (Lipinski definition) is 2. The Balaban J connectivity index is 1.77. The lowest BCUT2D eigenvalue weighted by molar-refractivity contribution is -0.143. The Morgan fingerprint density at radius 3 is 1.64 bits per heavy atom. The highest BCUT2D eigenvalue weighted by molar-refractivity contribution is 7.86. The molecule has 0 radical (unpaired) electrons. The van der Waals surface area contributed by atoms with Gasteiger partial charge in [0, 0.05) is 6.54 Å². The van der Waals surface area contributed by atoms with Crippen LogP contribution in [0.4, 0.5) is 0 Å². The van der Waals surface area contributed by atoms with Gasteiger partial charge in [-0.2, -0.15) is 8.42 Å². The zero-order valence-corrected chi connectivity index (χ0v) is 20.9. The van der Waals surface area contributed by atoms with E-state index in [9.17, 15) is 18.0 Å². The van der Waals surface area contributed by atoms with Gasteiger partial charge in [0.05, 0.1) is 77.6 Å². The van der Waals surface area contributed by atoms with Gasteiger partial charge in [-0.15, -0.1) is 0 Å². The van der Waals surface area contributed by atoms with Crippen LogP contribution in [0.3, 0.4) is 0 Å². The van der Waals surface area contributed by atoms with E-state index in [-0.39, 0.29) is 31.3 Å². The van der Waals surface area contributed by atoms with Crippen LogP contribution in [0.15, 0.2) is 35.2 Å². The van der Waals surface area contributed by atoms with Gasteiger partial charge in [-0.1, -0.05) is 18.2 Å². The van der Waals surface area contributed by atoms with Crippen molar-refractivity contribution in [1.82, 2.24) is 5.32 Å². The zero-order valence-electron chi connectivity index (χ0n) is 20.1. The standard InChI is InChI=1S/C22H35NO12S/c24-21(18-34-19-22(25)26)23-6-7-29-8-9-30-10-11-31-12-13-32-14-15-33-16-17-35-36(27,28)20-4-2-1-3-5-20/h1-5H,6-19H2,(H,23,24)(H,25,26). The number of carboxylic acids is 1. The van der Waals surface area contributed by atoms with Gasteiger partial charge < -0.3 is 38.8 Å². The fourth-order valence-electron chi connectivity index (χ4n) is 2.38. The molecule has 0 aliphatic heterocycles. The number of carbonyl (C=O) groups is 2. The number of benzene rings is 1. The number of carbonyl (C=O) groups excluding carboxylic acids is 1. The van der Waals surface area contributed by atoms with Crippen molar-refractivity contribution in [3.05, 3.63) is 30.3 Å². The van der Waals surface area contributed by atoms with Crippen LogP contribution in [0.2, 0.25) is 0 Å². The molecule has 0 spiro atoms. The van der Waals surface area contributed by atoms with Crippen molar-refractivity contribution >= 4 is 22.0 Å². The Morgan fingerprint density at radius 1 is 0.667 bits per heavy atom. The van der Waals surface area contributed by atoms with E-state index in [0.717, 1.165) is 0 Å². The van der Waals surface area contributed by atoms with Gasteiger partial charge in [0.2, 0.25) is 5.91 Å². The number of ether oxygens (including phenoxy) is 6. The summed E-state index contributed by atoms with van der Waals surface area (Å²) in [4.78, 5) is 21.7. The highest BCUT2D eigenvalue weighted by Gasteiger charge is 2.13. The second kappa shape index (κ2) is 21.0. The van der Waals surface area contributed by atoms with Crippen molar-refractivity contribution < 1.29 is 55.7 Å². The first kappa shape index (κ1) is 31.9. The van der Waals surface area contributed by atoms with E-state index in [1.807, 2.05) is 0 Å². The van der Waals surface area contributed by atoms with E-state index in [1.165, 1.54) is 12.1 Å². The summed E-state index contributed by atoms with van der Waals surface area (Å²) < 4.78 is 60.0. The Kier molecular flexibility index (Phi) is 18.6. The Labute approximate surface area is 211 Å². The van der Waals surface area contributed by atoms with Gasteiger partial charge in [-0.3, -0.25) is 8.98 Å². The molecule has 0 saturated carbocycles. The Morgan fingerprint density at radius 2 is 1.14 bits per heavy atom. The number of amides is 1. The molecular formula is C22H35NO12S. The van der Waals surface area contributed by atoms with E-state index in [4.69, 9.17) is 33.0 Å². The van der Waals surface area contributed by atoms with Gasteiger partial charge in [-0.25, -0.2) is 4.79 Å². The normalized spacial score (nSPS) is 11.4. The fourth-order valence-corrected chi connectivity index (χ4v) is 3.30. The van der Waals surface area contributed by atoms with Gasteiger partial charge >= 0.3 is 5.97 Å². The Bertz CT molecular complexity index is 807. The summed E-state index contributed by atoms with van der Waals surface area (Å²) >= 11 is 0. The highest BCUT2D eigenvalue weighted by Crippen LogP contribution is 2.10. The Hall–Kier alpha value is -2.17. The molecule has 0 unspecified atom stereocenters. The second-order valence-corrected chi connectivity index (χ2v) is 8.50. The lowest BCUT2D eigenvalue weighted by Crippen LogP contribution is -2.31. The van der Waals surface area contributed by atoms with Crippen LogP contribution < -0.4 is 5.32 Å². The summed E-state index contributed by atoms with van der Waals surface area (Å²) in [5.74, 6) is -1.54. The number of nitrogens with one attached hydrogen (secondary N) is 1. The summed E-state index contributed by atoms with van der Waals surface area (Å²) in [6.45, 7) is 2.78. The maximum atomic E-state index is 11.9. The predicted octanol–water partition coefficient (Wildman–Crippen LogP) is -0.308. The molecular weight excluding hydrogens is 502 g/mol. The van der Waals surface area contributed by atoms with Crippen LogP contribution in [-0.4, -0.2) is 118 Å². The van der Waals surface area contributed by atoms with Crippen molar-refractivity contribution in [2.24, 2.45) is 0 Å². The smallest absolute Gasteiger partial charge is 0.329 e. The molecule has 1 amide bonds. The molecule has 0 saturated heterocycles. The van der Waals surface area contributed by atoms with Crippen LogP contribution in [0.5, 0.6) is 0 Å². The third kappa shape index (κ3) is 18.1. The molecule has 0 atom stereocenters. The van der Waals surface area contributed by atoms with Crippen molar-refractivity contribution in [2.75, 3.05) is 92.4 Å². The minimum Gasteiger partial charge on any atom is -0.480 e. The minimum atomic E-state index is -3.77. The molecule has 0 fully saturated rings. The van der Waals surface area contributed by atoms with Gasteiger partial charge in [0.25, 0.3) is 10.1 Å². The average Bonchev–Trinajstić information content (AvgIpc) is 2.85. The molecule has 13 nitrogen and oxygen atoms in total. The molecule has 1 rings (SSSR count). The second-order valence-electron chi connectivity index (χ2n) is 6.89. The molecule has 0 heterocycles. The maximum absolute atomic E-state index is 11.9. The molecule has 206 valence electrons. The third-order valence-electron chi connectivity index (χ3n) is 4.01. The van der Waals surface area contributed by atoms with Crippen molar-refractivity contribution in [3.8, 4) is 0 Å². The van der Waals surface area contributed by atoms with Crippen LogP contribution in [0.25, 0.3) is 0 Å². The molecule has 0 aromatic heterocycles. The van der Waals surface area contributed by atoms with E-state index in [1.54, 1.807) is 18.2 Å². The first-order valence-electron chi connectivity index (χ1n) is 11.3. The first-order chi connectivity index (χ1) is 17.4. The lowest BCUT2D eigenvalue weighted by atomic mass is 10.4. The highest BCUT2D eigenvalue weighted by atomic mass is 32.2. The fraction of sp³-hybridized carbons (Fsp3) is 0.636. The van der Waals surface area contributed by atoms with Crippen LogP contribution in [0, 0.1) is 0 Å². The van der Waals surface area contributed by atoms with E-state index < -0.39 is 28.6 Å². The van der Waals surface area contributed by atoms with E-state index >= 15 is 0 Å². The third-order valence-corrected chi connectivity index (χ3v) is 5.34. The number of hydrogen-bond acceptors (Lipinski definition) is 11. The van der Waals surface area contributed by atoms with Crippen LogP contribution in [0.1, 0.15) is 0 Å². The van der Waals surface area contributed by atoms with Gasteiger partial charge in [0.15, 0.2) is 0 Å². The molecule has 2 N–H and O–H groups in total. The van der Waals surface area contributed by atoms with Crippen LogP contribution in [-0.2, 0) is 52.3 Å². The molecule has 0 aliphatic rings. The zero-order chi connectivity index (χ0) is 26.3. The van der Waals surface area contributed by atoms with Gasteiger partial charge in [-0.05, 0) is 12.1 Å². The summed E-state index contributed by atoms with van der Waals surface area (Å²) in [5.41, 5.74) is 0. The topological polar surface area (TPSA) is 165 Å². The SMILES string of the molecule is O=C(O)COCC(=O)NCCOCCOCCOCCOCCOCCOS(=O)(=O)c1ccccc1. The van der Waals surface area contributed by atoms with Crippen molar-refractivity contribution in [1.29, 1.82) is 0 Å². The number of aliphatic carboxylic acids is 1. The van der Waals surface area contributed by atoms with E-state index in [2.05, 4.69) is 10.1 Å². The quantitative estimate of drug-likeness (QED) is 0.131.